The van der Waals surface area contributed by atoms with E-state index in [2.05, 4.69) is 34.0 Å². The monoisotopic (exact) mass is 381 g/mol. The van der Waals surface area contributed by atoms with E-state index < -0.39 is 0 Å². The first-order valence-corrected chi connectivity index (χ1v) is 10.1. The lowest BCUT2D eigenvalue weighted by Crippen LogP contribution is -2.23. The van der Waals surface area contributed by atoms with E-state index in [0.717, 1.165) is 29.8 Å². The molecule has 0 radical (unpaired) electrons. The summed E-state index contributed by atoms with van der Waals surface area (Å²) >= 11 is 1.50. The molecule has 0 bridgehead atoms. The molecule has 0 fully saturated rings. The summed E-state index contributed by atoms with van der Waals surface area (Å²) in [5, 5.41) is 3.68. The van der Waals surface area contributed by atoms with Crippen LogP contribution in [0.25, 0.3) is 5.69 Å². The van der Waals surface area contributed by atoms with Crippen LogP contribution in [0, 0.1) is 0 Å². The Morgan fingerprint density at radius 2 is 1.81 bits per heavy atom. The number of amides is 1. The molecule has 0 unspecified atom stereocenters. The zero-order valence-electron chi connectivity index (χ0n) is 15.7. The van der Waals surface area contributed by atoms with Gasteiger partial charge in [0.1, 0.15) is 11.5 Å². The molecule has 3 aromatic rings. The van der Waals surface area contributed by atoms with E-state index in [1.54, 1.807) is 12.4 Å². The molecule has 0 aliphatic rings. The number of aromatic nitrogens is 3. The third kappa shape index (κ3) is 4.14. The van der Waals surface area contributed by atoms with Crippen LogP contribution in [0.2, 0.25) is 0 Å². The summed E-state index contributed by atoms with van der Waals surface area (Å²) < 4.78 is 1.86. The van der Waals surface area contributed by atoms with Crippen LogP contribution in [0.3, 0.4) is 0 Å². The Morgan fingerprint density at radius 1 is 1.07 bits per heavy atom. The van der Waals surface area contributed by atoms with Crippen molar-refractivity contribution in [2.24, 2.45) is 0 Å². The second-order valence-corrected chi connectivity index (χ2v) is 6.61. The molecule has 1 aromatic carbocycles. The maximum absolute atomic E-state index is 12.8. The first-order valence-electron chi connectivity index (χ1n) is 8.87. The summed E-state index contributed by atoms with van der Waals surface area (Å²) in [6, 6.07) is 13.5. The lowest BCUT2D eigenvalue weighted by molar-refractivity contribution is 0.102. The Hall–Kier alpha value is -2.80. The van der Waals surface area contributed by atoms with Crippen molar-refractivity contribution in [3.05, 3.63) is 60.6 Å². The molecule has 2 aromatic heterocycles. The molecule has 140 valence electrons. The van der Waals surface area contributed by atoms with Gasteiger partial charge in [-0.05, 0) is 44.4 Å². The van der Waals surface area contributed by atoms with E-state index in [9.17, 15) is 4.79 Å². The number of pyridine rings is 1. The highest BCUT2D eigenvalue weighted by Gasteiger charge is 2.18. The Kier molecular flexibility index (Phi) is 6.13. The third-order valence-electron chi connectivity index (χ3n) is 4.25. The highest BCUT2D eigenvalue weighted by molar-refractivity contribution is 7.98. The van der Waals surface area contributed by atoms with Crippen molar-refractivity contribution in [3.8, 4) is 5.69 Å². The Labute approximate surface area is 163 Å². The standard InChI is InChI=1S/C20H23N5OS/c1-4-24(5-2)18-12-11-15(13-21-18)23-19(26)17-14-22-20(27-3)25(17)16-9-7-6-8-10-16/h6-14H,4-5H2,1-3H3,(H,23,26). The fraction of sp³-hybridized carbons (Fsp3) is 0.250. The second-order valence-electron chi connectivity index (χ2n) is 5.83. The van der Waals surface area contributed by atoms with Crippen LogP contribution < -0.4 is 10.2 Å². The van der Waals surface area contributed by atoms with E-state index in [0.29, 0.717) is 11.4 Å². The minimum Gasteiger partial charge on any atom is -0.357 e. The SMILES string of the molecule is CCN(CC)c1ccc(NC(=O)c2cnc(SC)n2-c2ccccc2)cn1. The zero-order valence-corrected chi connectivity index (χ0v) is 16.5. The smallest absolute Gasteiger partial charge is 0.274 e. The van der Waals surface area contributed by atoms with E-state index in [1.807, 2.05) is 53.3 Å². The fourth-order valence-corrected chi connectivity index (χ4v) is 3.40. The normalized spacial score (nSPS) is 10.6. The number of hydrogen-bond acceptors (Lipinski definition) is 5. The highest BCUT2D eigenvalue weighted by atomic mass is 32.2. The molecular weight excluding hydrogens is 358 g/mol. The topological polar surface area (TPSA) is 63.1 Å². The summed E-state index contributed by atoms with van der Waals surface area (Å²) in [6.07, 6.45) is 5.23. The molecule has 0 saturated heterocycles. The van der Waals surface area contributed by atoms with E-state index in [-0.39, 0.29) is 5.91 Å². The van der Waals surface area contributed by atoms with Gasteiger partial charge in [0.25, 0.3) is 5.91 Å². The largest absolute Gasteiger partial charge is 0.357 e. The van der Waals surface area contributed by atoms with Gasteiger partial charge in [-0.1, -0.05) is 30.0 Å². The molecule has 7 heteroatoms. The van der Waals surface area contributed by atoms with Gasteiger partial charge in [0.2, 0.25) is 0 Å². The summed E-state index contributed by atoms with van der Waals surface area (Å²) in [5.41, 5.74) is 2.04. The maximum atomic E-state index is 12.8. The second kappa shape index (κ2) is 8.73. The summed E-state index contributed by atoms with van der Waals surface area (Å²) in [4.78, 5) is 23.8. The average molecular weight is 382 g/mol. The predicted molar refractivity (Wildman–Crippen MR) is 111 cm³/mol. The Morgan fingerprint density at radius 3 is 2.41 bits per heavy atom. The lowest BCUT2D eigenvalue weighted by Gasteiger charge is -2.19. The molecule has 1 N–H and O–H groups in total. The number of carbonyl (C=O) groups is 1. The number of rotatable bonds is 7. The van der Waals surface area contributed by atoms with Gasteiger partial charge in [-0.15, -0.1) is 0 Å². The first kappa shape index (κ1) is 19.0. The lowest BCUT2D eigenvalue weighted by atomic mass is 10.3. The van der Waals surface area contributed by atoms with Gasteiger partial charge in [-0.2, -0.15) is 0 Å². The number of nitrogens with one attached hydrogen (secondary N) is 1. The third-order valence-corrected chi connectivity index (χ3v) is 4.91. The first-order chi connectivity index (χ1) is 13.2. The van der Waals surface area contributed by atoms with Crippen molar-refractivity contribution in [1.82, 2.24) is 14.5 Å². The van der Waals surface area contributed by atoms with E-state index >= 15 is 0 Å². The molecule has 0 saturated carbocycles. The maximum Gasteiger partial charge on any atom is 0.274 e. The number of hydrogen-bond donors (Lipinski definition) is 1. The van der Waals surface area contributed by atoms with Crippen molar-refractivity contribution in [2.45, 2.75) is 19.0 Å². The van der Waals surface area contributed by atoms with Crippen molar-refractivity contribution >= 4 is 29.2 Å². The van der Waals surface area contributed by atoms with Gasteiger partial charge < -0.3 is 10.2 Å². The van der Waals surface area contributed by atoms with Crippen molar-refractivity contribution in [2.75, 3.05) is 29.6 Å². The van der Waals surface area contributed by atoms with Gasteiger partial charge in [0, 0.05) is 18.8 Å². The molecule has 2 heterocycles. The van der Waals surface area contributed by atoms with Crippen LogP contribution in [0.5, 0.6) is 0 Å². The molecular formula is C20H23N5OS. The van der Waals surface area contributed by atoms with Crippen LogP contribution in [-0.2, 0) is 0 Å². The summed E-state index contributed by atoms with van der Waals surface area (Å²) in [7, 11) is 0. The number of benzene rings is 1. The molecule has 0 atom stereocenters. The molecule has 27 heavy (non-hydrogen) atoms. The van der Waals surface area contributed by atoms with Crippen molar-refractivity contribution in [1.29, 1.82) is 0 Å². The zero-order chi connectivity index (χ0) is 19.2. The van der Waals surface area contributed by atoms with Gasteiger partial charge in [0.15, 0.2) is 5.16 Å². The Balaban J connectivity index is 1.84. The summed E-state index contributed by atoms with van der Waals surface area (Å²) in [6.45, 7) is 5.97. The number of nitrogens with zero attached hydrogens (tertiary/aromatic N) is 4. The Bertz CT molecular complexity index is 888. The van der Waals surface area contributed by atoms with Gasteiger partial charge in [0.05, 0.1) is 18.1 Å². The molecule has 0 aliphatic heterocycles. The van der Waals surface area contributed by atoms with Crippen LogP contribution >= 0.6 is 11.8 Å². The molecule has 0 aliphatic carbocycles. The van der Waals surface area contributed by atoms with Crippen LogP contribution in [0.4, 0.5) is 11.5 Å². The predicted octanol–water partition coefficient (Wildman–Crippen LogP) is 4.09. The average Bonchev–Trinajstić information content (AvgIpc) is 3.15. The quantitative estimate of drug-likeness (QED) is 0.625. The highest BCUT2D eigenvalue weighted by Crippen LogP contribution is 2.22. The van der Waals surface area contributed by atoms with Crippen molar-refractivity contribution < 1.29 is 4.79 Å². The molecule has 6 nitrogen and oxygen atoms in total. The molecule has 1 amide bonds. The summed E-state index contributed by atoms with van der Waals surface area (Å²) in [5.74, 6) is 0.682. The van der Waals surface area contributed by atoms with E-state index in [4.69, 9.17) is 0 Å². The fourth-order valence-electron chi connectivity index (χ4n) is 2.86. The number of anilines is 2. The van der Waals surface area contributed by atoms with E-state index in [1.165, 1.54) is 11.8 Å². The number of imidazole rings is 1. The van der Waals surface area contributed by atoms with Crippen LogP contribution in [0.1, 0.15) is 24.3 Å². The molecule has 3 rings (SSSR count). The minimum absolute atomic E-state index is 0.218. The number of carbonyl (C=O) groups excluding carboxylic acids is 1. The number of para-hydroxylation sites is 1. The van der Waals surface area contributed by atoms with Crippen LogP contribution in [0.15, 0.2) is 60.0 Å². The van der Waals surface area contributed by atoms with Gasteiger partial charge >= 0.3 is 0 Å². The molecule has 0 spiro atoms. The minimum atomic E-state index is -0.218. The van der Waals surface area contributed by atoms with Gasteiger partial charge in [-0.25, -0.2) is 9.97 Å². The van der Waals surface area contributed by atoms with Gasteiger partial charge in [-0.3, -0.25) is 9.36 Å². The number of thioether (sulfide) groups is 1. The van der Waals surface area contributed by atoms with Crippen LogP contribution in [-0.4, -0.2) is 39.8 Å². The van der Waals surface area contributed by atoms with Crippen molar-refractivity contribution in [3.63, 3.8) is 0 Å².